The van der Waals surface area contributed by atoms with Crippen LogP contribution in [0, 0.1) is 11.6 Å². The Labute approximate surface area is 144 Å². The van der Waals surface area contributed by atoms with Gasteiger partial charge in [0.2, 0.25) is 5.91 Å². The molecule has 0 radical (unpaired) electrons. The Morgan fingerprint density at radius 1 is 1.04 bits per heavy atom. The Hall–Kier alpha value is -2.97. The van der Waals surface area contributed by atoms with E-state index in [2.05, 4.69) is 5.32 Å². The number of amides is 2. The van der Waals surface area contributed by atoms with E-state index in [1.54, 1.807) is 0 Å². The standard InChI is InChI=1S/C17H13F5N2O2/c18-12-3-1-2-11(14(12)19)16(26)24-13(15(23)25)8-9-4-6-10(7-5-9)17(20,21)22/h1-7,13H,8H2,(H2,23,25)(H,24,26)/t13-/m0/s1. The molecule has 0 aliphatic heterocycles. The summed E-state index contributed by atoms with van der Waals surface area (Å²) in [6.07, 6.45) is -4.72. The number of nitrogens with two attached hydrogens (primary N) is 1. The third kappa shape index (κ3) is 4.56. The molecule has 0 heterocycles. The predicted octanol–water partition coefficient (Wildman–Crippen LogP) is 2.81. The molecule has 2 rings (SSSR count). The summed E-state index contributed by atoms with van der Waals surface area (Å²) >= 11 is 0. The van der Waals surface area contributed by atoms with E-state index in [1.165, 1.54) is 0 Å². The molecule has 138 valence electrons. The molecule has 4 nitrogen and oxygen atoms in total. The lowest BCUT2D eigenvalue weighted by atomic mass is 10.0. The van der Waals surface area contributed by atoms with E-state index in [0.717, 1.165) is 42.5 Å². The lowest BCUT2D eigenvalue weighted by Crippen LogP contribution is -2.46. The second kappa shape index (κ2) is 7.51. The number of nitrogens with one attached hydrogen (secondary N) is 1. The zero-order valence-corrected chi connectivity index (χ0v) is 13.1. The molecule has 0 fully saturated rings. The maximum absolute atomic E-state index is 13.6. The van der Waals surface area contributed by atoms with Crippen molar-refractivity contribution in [2.45, 2.75) is 18.6 Å². The second-order valence-electron chi connectivity index (χ2n) is 5.43. The van der Waals surface area contributed by atoms with E-state index in [-0.39, 0.29) is 6.42 Å². The number of halogens is 5. The van der Waals surface area contributed by atoms with E-state index in [4.69, 9.17) is 5.73 Å². The molecule has 0 aromatic heterocycles. The van der Waals surface area contributed by atoms with Crippen molar-refractivity contribution in [3.05, 3.63) is 70.8 Å². The molecule has 0 unspecified atom stereocenters. The predicted molar refractivity (Wildman–Crippen MR) is 82.0 cm³/mol. The topological polar surface area (TPSA) is 72.2 Å². The highest BCUT2D eigenvalue weighted by Gasteiger charge is 2.30. The summed E-state index contributed by atoms with van der Waals surface area (Å²) in [5.41, 5.74) is 3.98. The average molecular weight is 372 g/mol. The summed E-state index contributed by atoms with van der Waals surface area (Å²) in [5.74, 6) is -4.67. The molecule has 9 heteroatoms. The van der Waals surface area contributed by atoms with Crippen molar-refractivity contribution < 1.29 is 31.5 Å². The molecule has 2 aromatic carbocycles. The van der Waals surface area contributed by atoms with E-state index in [9.17, 15) is 31.5 Å². The number of alkyl halides is 3. The number of benzene rings is 2. The summed E-state index contributed by atoms with van der Waals surface area (Å²) in [6.45, 7) is 0. The van der Waals surface area contributed by atoms with Crippen molar-refractivity contribution in [3.8, 4) is 0 Å². The van der Waals surface area contributed by atoms with Crippen LogP contribution in [0.15, 0.2) is 42.5 Å². The van der Waals surface area contributed by atoms with Gasteiger partial charge >= 0.3 is 6.18 Å². The van der Waals surface area contributed by atoms with Gasteiger partial charge in [0.1, 0.15) is 6.04 Å². The van der Waals surface area contributed by atoms with Gasteiger partial charge in [-0.15, -0.1) is 0 Å². The van der Waals surface area contributed by atoms with Gasteiger partial charge in [-0.05, 0) is 29.8 Å². The first-order valence-corrected chi connectivity index (χ1v) is 7.30. The molecule has 0 bridgehead atoms. The molecule has 2 amide bonds. The van der Waals surface area contributed by atoms with Crippen molar-refractivity contribution in [3.63, 3.8) is 0 Å². The minimum atomic E-state index is -4.51. The van der Waals surface area contributed by atoms with Gasteiger partial charge in [-0.3, -0.25) is 9.59 Å². The number of rotatable bonds is 5. The smallest absolute Gasteiger partial charge is 0.368 e. The van der Waals surface area contributed by atoms with Crippen LogP contribution in [0.1, 0.15) is 21.5 Å². The van der Waals surface area contributed by atoms with Crippen molar-refractivity contribution in [2.75, 3.05) is 0 Å². The molecule has 26 heavy (non-hydrogen) atoms. The first-order valence-electron chi connectivity index (χ1n) is 7.30. The molecule has 0 aliphatic carbocycles. The van der Waals surface area contributed by atoms with Crippen LogP contribution in [0.3, 0.4) is 0 Å². The van der Waals surface area contributed by atoms with Crippen molar-refractivity contribution >= 4 is 11.8 Å². The van der Waals surface area contributed by atoms with Gasteiger partial charge in [0.25, 0.3) is 5.91 Å². The molecule has 0 aliphatic rings. The summed E-state index contributed by atoms with van der Waals surface area (Å²) in [7, 11) is 0. The van der Waals surface area contributed by atoms with Crippen LogP contribution in [0.25, 0.3) is 0 Å². The zero-order valence-electron chi connectivity index (χ0n) is 13.1. The van der Waals surface area contributed by atoms with Gasteiger partial charge in [0.15, 0.2) is 11.6 Å². The Bertz CT molecular complexity index is 819. The van der Waals surface area contributed by atoms with Gasteiger partial charge in [0.05, 0.1) is 11.1 Å². The van der Waals surface area contributed by atoms with Gasteiger partial charge < -0.3 is 11.1 Å². The van der Waals surface area contributed by atoms with Crippen LogP contribution in [0.4, 0.5) is 22.0 Å². The molecular weight excluding hydrogens is 359 g/mol. The first kappa shape index (κ1) is 19.4. The fourth-order valence-electron chi connectivity index (χ4n) is 2.20. The van der Waals surface area contributed by atoms with Crippen LogP contribution in [0.5, 0.6) is 0 Å². The second-order valence-corrected chi connectivity index (χ2v) is 5.43. The van der Waals surface area contributed by atoms with E-state index >= 15 is 0 Å². The van der Waals surface area contributed by atoms with Gasteiger partial charge in [0, 0.05) is 6.42 Å². The van der Waals surface area contributed by atoms with Gasteiger partial charge in [-0.25, -0.2) is 8.78 Å². The SMILES string of the molecule is NC(=O)[C@H](Cc1ccc(C(F)(F)F)cc1)NC(=O)c1cccc(F)c1F. The fourth-order valence-corrected chi connectivity index (χ4v) is 2.20. The lowest BCUT2D eigenvalue weighted by molar-refractivity contribution is -0.137. The normalized spacial score (nSPS) is 12.5. The first-order chi connectivity index (χ1) is 12.1. The molecule has 0 saturated carbocycles. The third-order valence-corrected chi connectivity index (χ3v) is 3.57. The van der Waals surface area contributed by atoms with Gasteiger partial charge in [-0.1, -0.05) is 18.2 Å². The highest BCUT2D eigenvalue weighted by molar-refractivity contribution is 5.97. The largest absolute Gasteiger partial charge is 0.416 e. The van der Waals surface area contributed by atoms with E-state index < -0.39 is 46.8 Å². The summed E-state index contributed by atoms with van der Waals surface area (Å²) in [6, 6.07) is 5.54. The monoisotopic (exact) mass is 372 g/mol. The number of carbonyl (C=O) groups is 2. The summed E-state index contributed by atoms with van der Waals surface area (Å²) < 4.78 is 64.4. The Balaban J connectivity index is 2.15. The highest BCUT2D eigenvalue weighted by Crippen LogP contribution is 2.29. The van der Waals surface area contributed by atoms with Crippen molar-refractivity contribution in [1.82, 2.24) is 5.32 Å². The maximum Gasteiger partial charge on any atom is 0.416 e. The molecule has 0 saturated heterocycles. The number of carbonyl (C=O) groups excluding carboxylic acids is 2. The quantitative estimate of drug-likeness (QED) is 0.793. The fraction of sp³-hybridized carbons (Fsp3) is 0.176. The summed E-state index contributed by atoms with van der Waals surface area (Å²) in [5, 5.41) is 2.15. The number of hydrogen-bond donors (Lipinski definition) is 2. The van der Waals surface area contributed by atoms with Crippen LogP contribution in [-0.4, -0.2) is 17.9 Å². The Morgan fingerprint density at radius 3 is 2.19 bits per heavy atom. The maximum atomic E-state index is 13.6. The van der Waals surface area contributed by atoms with Crippen LogP contribution in [0.2, 0.25) is 0 Å². The highest BCUT2D eigenvalue weighted by atomic mass is 19.4. The molecule has 1 atom stereocenters. The third-order valence-electron chi connectivity index (χ3n) is 3.57. The molecule has 0 spiro atoms. The molecule has 3 N–H and O–H groups in total. The number of primary amides is 1. The van der Waals surface area contributed by atoms with Crippen LogP contribution >= 0.6 is 0 Å². The van der Waals surface area contributed by atoms with Crippen molar-refractivity contribution in [1.29, 1.82) is 0 Å². The average Bonchev–Trinajstić information content (AvgIpc) is 2.56. The summed E-state index contributed by atoms with van der Waals surface area (Å²) in [4.78, 5) is 23.5. The minimum Gasteiger partial charge on any atom is -0.368 e. The Kier molecular flexibility index (Phi) is 5.59. The van der Waals surface area contributed by atoms with Gasteiger partial charge in [-0.2, -0.15) is 13.2 Å². The molecular formula is C17H13F5N2O2. The van der Waals surface area contributed by atoms with E-state index in [0.29, 0.717) is 5.56 Å². The van der Waals surface area contributed by atoms with Crippen LogP contribution in [-0.2, 0) is 17.4 Å². The van der Waals surface area contributed by atoms with Crippen LogP contribution < -0.4 is 11.1 Å². The zero-order chi connectivity index (χ0) is 19.5. The molecule has 2 aromatic rings. The lowest BCUT2D eigenvalue weighted by Gasteiger charge is -2.16. The van der Waals surface area contributed by atoms with E-state index in [1.807, 2.05) is 0 Å². The van der Waals surface area contributed by atoms with Crippen molar-refractivity contribution in [2.24, 2.45) is 5.73 Å². The Morgan fingerprint density at radius 2 is 1.65 bits per heavy atom. The minimum absolute atomic E-state index is 0.212. The number of hydrogen-bond acceptors (Lipinski definition) is 2.